The molecular formula is C13H13BrFN3. The molecule has 3 nitrogen and oxygen atoms in total. The van der Waals surface area contributed by atoms with Crippen molar-refractivity contribution in [3.8, 4) is 11.4 Å². The number of nitrogens with one attached hydrogen (secondary N) is 1. The van der Waals surface area contributed by atoms with Gasteiger partial charge in [0.2, 0.25) is 0 Å². The molecule has 0 amide bonds. The second-order valence-electron chi connectivity index (χ2n) is 4.01. The van der Waals surface area contributed by atoms with E-state index in [9.17, 15) is 4.39 Å². The molecule has 1 heterocycles. The largest absolute Gasteiger partial charge is 0.372 e. The van der Waals surface area contributed by atoms with Gasteiger partial charge in [0.05, 0.1) is 10.2 Å². The van der Waals surface area contributed by atoms with Crippen LogP contribution in [0.25, 0.3) is 11.4 Å². The van der Waals surface area contributed by atoms with Crippen LogP contribution in [0.15, 0.2) is 22.7 Å². The molecule has 0 aliphatic carbocycles. The average Bonchev–Trinajstić information content (AvgIpc) is 2.36. The van der Waals surface area contributed by atoms with Crippen LogP contribution in [0.3, 0.4) is 0 Å². The first-order valence-electron chi connectivity index (χ1n) is 5.51. The predicted octanol–water partition coefficient (Wildman–Crippen LogP) is 3.70. The molecule has 0 aliphatic heterocycles. The Kier molecular flexibility index (Phi) is 3.61. The fourth-order valence-corrected chi connectivity index (χ4v) is 1.96. The van der Waals surface area contributed by atoms with Crippen molar-refractivity contribution in [2.45, 2.75) is 13.8 Å². The Morgan fingerprint density at radius 1 is 1.22 bits per heavy atom. The van der Waals surface area contributed by atoms with Gasteiger partial charge in [-0.05, 0) is 41.4 Å². The molecular weight excluding hydrogens is 297 g/mol. The van der Waals surface area contributed by atoms with Crippen molar-refractivity contribution >= 4 is 21.7 Å². The zero-order valence-corrected chi connectivity index (χ0v) is 12.0. The number of anilines is 1. The molecule has 0 fully saturated rings. The first-order chi connectivity index (χ1) is 8.52. The van der Waals surface area contributed by atoms with Crippen molar-refractivity contribution < 1.29 is 4.39 Å². The molecule has 0 saturated carbocycles. The molecule has 2 aromatic rings. The van der Waals surface area contributed by atoms with Crippen molar-refractivity contribution in [3.63, 3.8) is 0 Å². The topological polar surface area (TPSA) is 37.8 Å². The molecule has 2 rings (SSSR count). The van der Waals surface area contributed by atoms with Crippen LogP contribution < -0.4 is 5.32 Å². The van der Waals surface area contributed by atoms with E-state index in [1.807, 2.05) is 13.0 Å². The minimum atomic E-state index is -0.248. The van der Waals surface area contributed by atoms with Crippen molar-refractivity contribution in [2.75, 3.05) is 12.4 Å². The second kappa shape index (κ2) is 5.02. The second-order valence-corrected chi connectivity index (χ2v) is 4.80. The third-order valence-electron chi connectivity index (χ3n) is 2.68. The number of aromatic nitrogens is 2. The van der Waals surface area contributed by atoms with E-state index in [1.165, 1.54) is 6.07 Å². The van der Waals surface area contributed by atoms with Gasteiger partial charge in [-0.25, -0.2) is 14.4 Å². The van der Waals surface area contributed by atoms with Crippen molar-refractivity contribution in [2.24, 2.45) is 0 Å². The van der Waals surface area contributed by atoms with E-state index >= 15 is 0 Å². The number of rotatable bonds is 2. The van der Waals surface area contributed by atoms with Gasteiger partial charge in [-0.3, -0.25) is 0 Å². The summed E-state index contributed by atoms with van der Waals surface area (Å²) in [7, 11) is 1.78. The maximum atomic E-state index is 13.5. The fourth-order valence-electron chi connectivity index (χ4n) is 1.59. The summed E-state index contributed by atoms with van der Waals surface area (Å²) in [5, 5.41) is 2.98. The van der Waals surface area contributed by atoms with E-state index in [2.05, 4.69) is 31.2 Å². The van der Waals surface area contributed by atoms with Gasteiger partial charge in [0, 0.05) is 12.6 Å². The third kappa shape index (κ3) is 2.36. The minimum Gasteiger partial charge on any atom is -0.372 e. The Morgan fingerprint density at radius 3 is 2.56 bits per heavy atom. The highest BCUT2D eigenvalue weighted by molar-refractivity contribution is 9.10. The van der Waals surface area contributed by atoms with Gasteiger partial charge in [-0.2, -0.15) is 0 Å². The van der Waals surface area contributed by atoms with Crippen LogP contribution in [-0.4, -0.2) is 17.0 Å². The van der Waals surface area contributed by atoms with Gasteiger partial charge in [-0.1, -0.05) is 12.1 Å². The SMILES string of the molecule is CNc1nc(-c2ccc(C)c(F)c2)nc(C)c1Br. The zero-order chi connectivity index (χ0) is 13.3. The quantitative estimate of drug-likeness (QED) is 0.919. The number of benzene rings is 1. The van der Waals surface area contributed by atoms with Crippen LogP contribution in [0.2, 0.25) is 0 Å². The molecule has 5 heteroatoms. The number of aryl methyl sites for hydroxylation is 2. The number of halogens is 2. The van der Waals surface area contributed by atoms with Gasteiger partial charge < -0.3 is 5.32 Å². The molecule has 0 aliphatic rings. The predicted molar refractivity (Wildman–Crippen MR) is 74.1 cm³/mol. The number of nitrogens with zero attached hydrogens (tertiary/aromatic N) is 2. The third-order valence-corrected chi connectivity index (χ3v) is 3.63. The molecule has 0 radical (unpaired) electrons. The summed E-state index contributed by atoms with van der Waals surface area (Å²) in [6, 6.07) is 5.00. The molecule has 0 bridgehead atoms. The highest BCUT2D eigenvalue weighted by Crippen LogP contribution is 2.27. The fraction of sp³-hybridized carbons (Fsp3) is 0.231. The highest BCUT2D eigenvalue weighted by Gasteiger charge is 2.10. The molecule has 1 N–H and O–H groups in total. The normalized spacial score (nSPS) is 10.5. The van der Waals surface area contributed by atoms with Crippen molar-refractivity contribution in [1.29, 1.82) is 0 Å². The first-order valence-corrected chi connectivity index (χ1v) is 6.30. The highest BCUT2D eigenvalue weighted by atomic mass is 79.9. The summed E-state index contributed by atoms with van der Waals surface area (Å²) in [4.78, 5) is 8.71. The standard InChI is InChI=1S/C13H13BrFN3/c1-7-4-5-9(6-10(7)15)12-17-8(2)11(14)13(16-3)18-12/h4-6H,1-3H3,(H,16,17,18). The van der Waals surface area contributed by atoms with Crippen LogP contribution in [0, 0.1) is 19.7 Å². The van der Waals surface area contributed by atoms with Gasteiger partial charge >= 0.3 is 0 Å². The summed E-state index contributed by atoms with van der Waals surface area (Å²) in [5.74, 6) is 0.958. The van der Waals surface area contributed by atoms with E-state index in [4.69, 9.17) is 0 Å². The van der Waals surface area contributed by atoms with Gasteiger partial charge in [0.1, 0.15) is 11.6 Å². The molecule has 94 valence electrons. The van der Waals surface area contributed by atoms with E-state index in [0.29, 0.717) is 22.8 Å². The Hall–Kier alpha value is -1.49. The van der Waals surface area contributed by atoms with Crippen LogP contribution in [0.4, 0.5) is 10.2 Å². The summed E-state index contributed by atoms with van der Waals surface area (Å²) >= 11 is 3.41. The van der Waals surface area contributed by atoms with Crippen LogP contribution >= 0.6 is 15.9 Å². The summed E-state index contributed by atoms with van der Waals surface area (Å²) in [6.45, 7) is 3.60. The van der Waals surface area contributed by atoms with E-state index < -0.39 is 0 Å². The Balaban J connectivity index is 2.57. The van der Waals surface area contributed by atoms with Crippen LogP contribution in [0.1, 0.15) is 11.3 Å². The maximum absolute atomic E-state index is 13.5. The Morgan fingerprint density at radius 2 is 1.94 bits per heavy atom. The molecule has 0 saturated heterocycles. The van der Waals surface area contributed by atoms with Crippen LogP contribution in [0.5, 0.6) is 0 Å². The lowest BCUT2D eigenvalue weighted by Gasteiger charge is -2.09. The minimum absolute atomic E-state index is 0.248. The van der Waals surface area contributed by atoms with Crippen LogP contribution in [-0.2, 0) is 0 Å². The molecule has 1 aromatic heterocycles. The lowest BCUT2D eigenvalue weighted by Crippen LogP contribution is -2.01. The number of hydrogen-bond acceptors (Lipinski definition) is 3. The van der Waals surface area contributed by atoms with Crippen molar-refractivity contribution in [3.05, 3.63) is 39.7 Å². The Bertz CT molecular complexity index is 599. The lowest BCUT2D eigenvalue weighted by atomic mass is 10.1. The van der Waals surface area contributed by atoms with Gasteiger partial charge in [-0.15, -0.1) is 0 Å². The summed E-state index contributed by atoms with van der Waals surface area (Å²) in [6.07, 6.45) is 0. The number of hydrogen-bond donors (Lipinski definition) is 1. The molecule has 18 heavy (non-hydrogen) atoms. The van der Waals surface area contributed by atoms with E-state index in [1.54, 1.807) is 20.0 Å². The maximum Gasteiger partial charge on any atom is 0.161 e. The Labute approximate surface area is 114 Å². The molecule has 1 aromatic carbocycles. The smallest absolute Gasteiger partial charge is 0.161 e. The molecule has 0 atom stereocenters. The summed E-state index contributed by atoms with van der Waals surface area (Å²) in [5.41, 5.74) is 2.09. The molecule has 0 spiro atoms. The average molecular weight is 310 g/mol. The molecule has 0 unspecified atom stereocenters. The monoisotopic (exact) mass is 309 g/mol. The van der Waals surface area contributed by atoms with E-state index in [-0.39, 0.29) is 5.82 Å². The lowest BCUT2D eigenvalue weighted by molar-refractivity contribution is 0.619. The van der Waals surface area contributed by atoms with E-state index in [0.717, 1.165) is 10.2 Å². The van der Waals surface area contributed by atoms with Gasteiger partial charge in [0.15, 0.2) is 5.82 Å². The first kappa shape index (κ1) is 13.0. The zero-order valence-electron chi connectivity index (χ0n) is 10.4. The summed E-state index contributed by atoms with van der Waals surface area (Å²) < 4.78 is 14.4. The van der Waals surface area contributed by atoms with Gasteiger partial charge in [0.25, 0.3) is 0 Å². The van der Waals surface area contributed by atoms with Crippen molar-refractivity contribution in [1.82, 2.24) is 9.97 Å².